The molecule has 0 fully saturated rings. The van der Waals surface area contributed by atoms with Crippen molar-refractivity contribution in [2.45, 2.75) is 39.7 Å². The number of pyridine rings is 2. The van der Waals surface area contributed by atoms with Gasteiger partial charge in [-0.3, -0.25) is 9.78 Å². The Balaban J connectivity index is 1.62. The molecular formula is C26H29ClN5O6P. The number of fused-ring (bicyclic) bond motifs is 1. The van der Waals surface area contributed by atoms with Gasteiger partial charge in [0.25, 0.3) is 5.91 Å². The summed E-state index contributed by atoms with van der Waals surface area (Å²) in [6, 6.07) is 11.8. The zero-order valence-electron chi connectivity index (χ0n) is 21.5. The first-order valence-corrected chi connectivity index (χ1v) is 14.2. The molecule has 1 aromatic carbocycles. The molecule has 3 heterocycles. The Kier molecular flexibility index (Phi) is 9.32. The Morgan fingerprint density at radius 3 is 2.62 bits per heavy atom. The number of nitrogens with zero attached hydrogens (tertiary/aromatic N) is 4. The molecule has 0 saturated heterocycles. The molecule has 11 nitrogen and oxygen atoms in total. The number of phosphoric acid groups is 1. The summed E-state index contributed by atoms with van der Waals surface area (Å²) in [4.78, 5) is 39.2. The highest BCUT2D eigenvalue weighted by atomic mass is 35.5. The van der Waals surface area contributed by atoms with E-state index in [-0.39, 0.29) is 5.91 Å². The highest BCUT2D eigenvalue weighted by Gasteiger charge is 2.19. The van der Waals surface area contributed by atoms with Crippen molar-refractivity contribution in [1.82, 2.24) is 19.7 Å². The third-order valence-electron chi connectivity index (χ3n) is 5.81. The van der Waals surface area contributed by atoms with Gasteiger partial charge in [0.05, 0.1) is 21.7 Å². The lowest BCUT2D eigenvalue weighted by Gasteiger charge is -2.10. The number of phosphoric ester groups is 1. The van der Waals surface area contributed by atoms with Crippen LogP contribution in [0.1, 0.15) is 43.5 Å². The molecule has 0 bridgehead atoms. The molecule has 0 aliphatic heterocycles. The van der Waals surface area contributed by atoms with Crippen molar-refractivity contribution in [2.75, 3.05) is 12.1 Å². The van der Waals surface area contributed by atoms with Crippen molar-refractivity contribution >= 4 is 42.2 Å². The van der Waals surface area contributed by atoms with Crippen molar-refractivity contribution in [3.05, 3.63) is 65.4 Å². The molecule has 206 valence electrons. The molecule has 3 aromatic heterocycles. The van der Waals surface area contributed by atoms with Crippen LogP contribution in [0.25, 0.3) is 22.3 Å². The normalized spacial score (nSPS) is 11.7. The lowest BCUT2D eigenvalue weighted by atomic mass is 10.1. The quantitative estimate of drug-likeness (QED) is 0.111. The number of hydrogen-bond donors (Lipinski definition) is 3. The monoisotopic (exact) mass is 573 g/mol. The van der Waals surface area contributed by atoms with Crippen LogP contribution in [0.3, 0.4) is 0 Å². The molecule has 3 N–H and O–H groups in total. The topological polar surface area (TPSA) is 149 Å². The van der Waals surface area contributed by atoms with E-state index in [2.05, 4.69) is 33.8 Å². The van der Waals surface area contributed by atoms with E-state index in [4.69, 9.17) is 31.1 Å². The average molecular weight is 574 g/mol. The van der Waals surface area contributed by atoms with Gasteiger partial charge in [0, 0.05) is 24.5 Å². The number of hydrogen-bond acceptors (Lipinski definition) is 7. The molecule has 0 unspecified atom stereocenters. The van der Waals surface area contributed by atoms with E-state index in [1.54, 1.807) is 53.3 Å². The van der Waals surface area contributed by atoms with Gasteiger partial charge in [-0.15, -0.1) is 0 Å². The lowest BCUT2D eigenvalue weighted by molar-refractivity contribution is 0.0829. The minimum atomic E-state index is -4.63. The highest BCUT2D eigenvalue weighted by Crippen LogP contribution is 2.36. The number of aryl methyl sites for hydroxylation is 1. The molecule has 13 heteroatoms. The first kappa shape index (κ1) is 28.7. The van der Waals surface area contributed by atoms with Gasteiger partial charge in [0.15, 0.2) is 18.3 Å². The van der Waals surface area contributed by atoms with Gasteiger partial charge in [-0.1, -0.05) is 38.3 Å². The zero-order valence-corrected chi connectivity index (χ0v) is 23.1. The number of rotatable bonds is 12. The highest BCUT2D eigenvalue weighted by molar-refractivity contribution is 7.46. The largest absolute Gasteiger partial charge is 0.472 e. The Morgan fingerprint density at radius 1 is 1.18 bits per heavy atom. The standard InChI is InChI=1S/C26H29ClN5O6P/c1-17(2)6-3-4-13-32-25-21(24(31-32)30-26(33)19-7-5-12-28-15-19)14-22(27)23(29-25)18-8-10-20(11-9-18)37-16-38-39(34,35)36/h5,7-12,14-15,17H,3-4,6,13,16H2,1-2H3,(H,30,31,33)(H2,34,35,36). The van der Waals surface area contributed by atoms with Gasteiger partial charge in [-0.05, 0) is 54.8 Å². The number of halogens is 1. The van der Waals surface area contributed by atoms with E-state index < -0.39 is 14.6 Å². The molecule has 39 heavy (non-hydrogen) atoms. The molecule has 0 saturated carbocycles. The molecule has 0 aliphatic rings. The van der Waals surface area contributed by atoms with Crippen LogP contribution in [0.2, 0.25) is 5.02 Å². The molecule has 4 rings (SSSR count). The maximum atomic E-state index is 12.8. The van der Waals surface area contributed by atoms with Crippen LogP contribution in [0.15, 0.2) is 54.9 Å². The van der Waals surface area contributed by atoms with Crippen LogP contribution in [-0.4, -0.2) is 42.2 Å². The summed E-state index contributed by atoms with van der Waals surface area (Å²) in [7, 11) is -4.63. The number of unbranched alkanes of at least 4 members (excludes halogenated alkanes) is 1. The fourth-order valence-corrected chi connectivity index (χ4v) is 4.34. The van der Waals surface area contributed by atoms with Crippen LogP contribution < -0.4 is 10.1 Å². The maximum absolute atomic E-state index is 12.8. The number of carbonyl (C=O) groups excluding carboxylic acids is 1. The first-order chi connectivity index (χ1) is 18.6. The summed E-state index contributed by atoms with van der Waals surface area (Å²) in [5.41, 5.74) is 2.19. The summed E-state index contributed by atoms with van der Waals surface area (Å²) in [6.45, 7) is 4.39. The predicted octanol–water partition coefficient (Wildman–Crippen LogP) is 5.67. The Hall–Kier alpha value is -3.34. The van der Waals surface area contributed by atoms with Gasteiger partial charge in [0.1, 0.15) is 5.75 Å². The number of nitrogens with one attached hydrogen (secondary N) is 1. The molecule has 0 atom stereocenters. The fraction of sp³-hybridized carbons (Fsp3) is 0.308. The molecule has 1 amide bonds. The van der Waals surface area contributed by atoms with Crippen LogP contribution >= 0.6 is 19.4 Å². The van der Waals surface area contributed by atoms with E-state index in [0.717, 1.165) is 19.3 Å². The number of amides is 1. The van der Waals surface area contributed by atoms with Crippen LogP contribution in [-0.2, 0) is 15.6 Å². The number of benzene rings is 1. The van der Waals surface area contributed by atoms with Crippen molar-refractivity contribution < 1.29 is 28.4 Å². The second kappa shape index (κ2) is 12.7. The predicted molar refractivity (Wildman–Crippen MR) is 147 cm³/mol. The molecule has 4 aromatic rings. The van der Waals surface area contributed by atoms with Gasteiger partial charge >= 0.3 is 7.82 Å². The minimum Gasteiger partial charge on any atom is -0.467 e. The van der Waals surface area contributed by atoms with Crippen molar-refractivity contribution in [2.24, 2.45) is 5.92 Å². The molecule has 0 aliphatic carbocycles. The fourth-order valence-electron chi connectivity index (χ4n) is 3.89. The van der Waals surface area contributed by atoms with Crippen LogP contribution in [0.5, 0.6) is 5.75 Å². The summed E-state index contributed by atoms with van der Waals surface area (Å²) in [6.07, 6.45) is 6.10. The van der Waals surface area contributed by atoms with Gasteiger partial charge in [-0.25, -0.2) is 18.8 Å². The SMILES string of the molecule is CC(C)CCCCn1nc(NC(=O)c2cccnc2)c2cc(Cl)c(-c3ccc(OCOP(=O)(O)O)cc3)nc21. The van der Waals surface area contributed by atoms with Crippen LogP contribution in [0, 0.1) is 5.92 Å². The van der Waals surface area contributed by atoms with Gasteiger partial charge in [0.2, 0.25) is 0 Å². The number of carbonyl (C=O) groups is 1. The zero-order chi connectivity index (χ0) is 28.0. The van der Waals surface area contributed by atoms with E-state index in [1.165, 1.54) is 6.20 Å². The Bertz CT molecular complexity index is 1470. The van der Waals surface area contributed by atoms with E-state index >= 15 is 0 Å². The van der Waals surface area contributed by atoms with E-state index in [9.17, 15) is 9.36 Å². The Labute approximate surface area is 230 Å². The summed E-state index contributed by atoms with van der Waals surface area (Å²) < 4.78 is 22.1. The second-order valence-corrected chi connectivity index (χ2v) is 10.9. The molecule has 0 spiro atoms. The van der Waals surface area contributed by atoms with Crippen molar-refractivity contribution in [3.63, 3.8) is 0 Å². The minimum absolute atomic E-state index is 0.340. The number of aromatic nitrogens is 4. The summed E-state index contributed by atoms with van der Waals surface area (Å²) >= 11 is 6.65. The average Bonchev–Trinajstić information content (AvgIpc) is 3.22. The number of anilines is 1. The van der Waals surface area contributed by atoms with Gasteiger partial charge in [-0.2, -0.15) is 5.10 Å². The Morgan fingerprint density at radius 2 is 1.95 bits per heavy atom. The van der Waals surface area contributed by atoms with Crippen molar-refractivity contribution in [3.8, 4) is 17.0 Å². The third-order valence-corrected chi connectivity index (χ3v) is 6.54. The smallest absolute Gasteiger partial charge is 0.467 e. The maximum Gasteiger partial charge on any atom is 0.472 e. The summed E-state index contributed by atoms with van der Waals surface area (Å²) in [5.74, 6) is 0.970. The first-order valence-electron chi connectivity index (χ1n) is 12.3. The molecular weight excluding hydrogens is 545 g/mol. The van der Waals surface area contributed by atoms with E-state index in [1.807, 2.05) is 0 Å². The summed E-state index contributed by atoms with van der Waals surface area (Å²) in [5, 5.41) is 8.49. The molecule has 0 radical (unpaired) electrons. The van der Waals surface area contributed by atoms with Gasteiger partial charge < -0.3 is 19.8 Å². The third kappa shape index (κ3) is 7.84. The van der Waals surface area contributed by atoms with E-state index in [0.29, 0.717) is 56.9 Å². The van der Waals surface area contributed by atoms with Crippen LogP contribution in [0.4, 0.5) is 5.82 Å². The second-order valence-electron chi connectivity index (χ2n) is 9.25. The lowest BCUT2D eigenvalue weighted by Crippen LogP contribution is -2.13. The van der Waals surface area contributed by atoms with Crippen molar-refractivity contribution in [1.29, 1.82) is 0 Å². The number of ether oxygens (including phenoxy) is 1.